The van der Waals surface area contributed by atoms with Crippen LogP contribution in [0.25, 0.3) is 16.6 Å². The molecule has 10 heteroatoms. The molecule has 2 heterocycles. The first-order valence-electron chi connectivity index (χ1n) is 11.2. The first-order chi connectivity index (χ1) is 16.8. The fourth-order valence-corrected chi connectivity index (χ4v) is 4.19. The summed E-state index contributed by atoms with van der Waals surface area (Å²) in [5.41, 5.74) is 8.24. The first-order valence-corrected chi connectivity index (χ1v) is 11.2. The Hall–Kier alpha value is -3.92. The van der Waals surface area contributed by atoms with Crippen LogP contribution >= 0.6 is 0 Å². The summed E-state index contributed by atoms with van der Waals surface area (Å²) >= 11 is 0. The van der Waals surface area contributed by atoms with E-state index in [1.807, 2.05) is 4.90 Å². The summed E-state index contributed by atoms with van der Waals surface area (Å²) in [6.07, 6.45) is 3.25. The third kappa shape index (κ3) is 5.27. The van der Waals surface area contributed by atoms with Crippen LogP contribution in [0.1, 0.15) is 28.8 Å². The Labute approximate surface area is 200 Å². The van der Waals surface area contributed by atoms with Gasteiger partial charge in [0.05, 0.1) is 11.1 Å². The van der Waals surface area contributed by atoms with Gasteiger partial charge in [-0.05, 0) is 63.3 Å². The van der Waals surface area contributed by atoms with Crippen molar-refractivity contribution in [2.24, 2.45) is 5.11 Å². The molecule has 0 aliphatic carbocycles. The van der Waals surface area contributed by atoms with Crippen molar-refractivity contribution >= 4 is 28.2 Å². The number of aromatic nitrogens is 1. The molecule has 0 bridgehead atoms. The van der Waals surface area contributed by atoms with Gasteiger partial charge in [0.15, 0.2) is 11.6 Å². The fourth-order valence-electron chi connectivity index (χ4n) is 4.19. The molecule has 35 heavy (non-hydrogen) atoms. The van der Waals surface area contributed by atoms with E-state index in [-0.39, 0.29) is 28.1 Å². The minimum absolute atomic E-state index is 0.00167. The highest BCUT2D eigenvalue weighted by Crippen LogP contribution is 2.21. The van der Waals surface area contributed by atoms with Crippen molar-refractivity contribution in [1.82, 2.24) is 14.8 Å². The average molecular weight is 481 g/mol. The molecule has 1 aliphatic rings. The van der Waals surface area contributed by atoms with Gasteiger partial charge in [-0.1, -0.05) is 0 Å². The number of aromatic amines is 1. The average Bonchev–Trinajstić information content (AvgIpc) is 2.86. The highest BCUT2D eigenvalue weighted by atomic mass is 19.2. The number of halogens is 2. The number of piperidine rings is 1. The number of nitrogens with one attached hydrogen (secondary N) is 3. The van der Waals surface area contributed by atoms with Crippen molar-refractivity contribution in [3.8, 4) is 0 Å². The molecule has 0 atom stereocenters. The molecule has 0 radical (unpaired) electrons. The van der Waals surface area contributed by atoms with Crippen LogP contribution in [0.15, 0.2) is 58.6 Å². The molecule has 0 saturated carbocycles. The van der Waals surface area contributed by atoms with E-state index in [1.165, 1.54) is 12.3 Å². The van der Waals surface area contributed by atoms with Gasteiger partial charge in [-0.2, -0.15) is 5.11 Å². The number of rotatable bonds is 6. The Morgan fingerprint density at radius 3 is 2.43 bits per heavy atom. The number of fused-ring (bicyclic) bond motifs is 1. The second-order valence-corrected chi connectivity index (χ2v) is 8.72. The van der Waals surface area contributed by atoms with Crippen LogP contribution in [0, 0.1) is 17.2 Å². The first kappa shape index (κ1) is 24.2. The van der Waals surface area contributed by atoms with Crippen molar-refractivity contribution in [2.75, 3.05) is 32.5 Å². The molecule has 8 nitrogen and oxygen atoms in total. The van der Waals surface area contributed by atoms with Crippen molar-refractivity contribution < 1.29 is 13.6 Å². The van der Waals surface area contributed by atoms with Crippen LogP contribution < -0.4 is 10.9 Å². The largest absolute Gasteiger partial charge is 0.360 e. The molecule has 3 aromatic rings. The van der Waals surface area contributed by atoms with E-state index in [2.05, 4.69) is 34.4 Å². The van der Waals surface area contributed by atoms with Gasteiger partial charge in [-0.25, -0.2) is 14.3 Å². The maximum atomic E-state index is 13.6. The number of likely N-dealkylation sites (tertiary alicyclic amines) is 1. The van der Waals surface area contributed by atoms with Gasteiger partial charge < -0.3 is 20.1 Å². The molecule has 2 aromatic carbocycles. The second-order valence-electron chi connectivity index (χ2n) is 8.72. The third-order valence-electron chi connectivity index (χ3n) is 6.27. The van der Waals surface area contributed by atoms with Gasteiger partial charge in [0.25, 0.3) is 11.5 Å². The highest BCUT2D eigenvalue weighted by Gasteiger charge is 2.24. The lowest BCUT2D eigenvalue weighted by Crippen LogP contribution is -2.44. The maximum absolute atomic E-state index is 13.6. The lowest BCUT2D eigenvalue weighted by molar-refractivity contribution is 0.0663. The summed E-state index contributed by atoms with van der Waals surface area (Å²) in [4.78, 5) is 31.8. The Bertz CT molecular complexity index is 1340. The van der Waals surface area contributed by atoms with Gasteiger partial charge in [0, 0.05) is 48.0 Å². The molecule has 1 fully saturated rings. The zero-order valence-electron chi connectivity index (χ0n) is 19.4. The van der Waals surface area contributed by atoms with E-state index in [0.717, 1.165) is 38.1 Å². The molecule has 1 aromatic heterocycles. The van der Waals surface area contributed by atoms with Gasteiger partial charge in [-0.3, -0.25) is 9.59 Å². The fraction of sp³-hybridized carbons (Fsp3) is 0.280. The molecule has 1 aliphatic heterocycles. The maximum Gasteiger partial charge on any atom is 0.258 e. The quantitative estimate of drug-likeness (QED) is 0.455. The smallest absolute Gasteiger partial charge is 0.258 e. The van der Waals surface area contributed by atoms with Crippen molar-refractivity contribution in [2.45, 2.75) is 18.9 Å². The zero-order chi connectivity index (χ0) is 25.1. The van der Waals surface area contributed by atoms with Crippen molar-refractivity contribution in [3.05, 3.63) is 81.8 Å². The number of carbonyl (C=O) groups excluding carboxylic acids is 1. The molecular formula is C25H26F2N6O2. The van der Waals surface area contributed by atoms with Crippen LogP contribution in [0.2, 0.25) is 0 Å². The lowest BCUT2D eigenvalue weighted by Gasteiger charge is -2.35. The predicted molar refractivity (Wildman–Crippen MR) is 130 cm³/mol. The molecule has 1 saturated heterocycles. The molecule has 0 unspecified atom stereocenters. The number of benzene rings is 2. The molecular weight excluding hydrogens is 454 g/mol. The van der Waals surface area contributed by atoms with Crippen LogP contribution in [-0.2, 0) is 0 Å². The van der Waals surface area contributed by atoms with Crippen molar-refractivity contribution in [3.63, 3.8) is 0 Å². The minimum Gasteiger partial charge on any atom is -0.360 e. The van der Waals surface area contributed by atoms with E-state index in [1.54, 1.807) is 24.3 Å². The third-order valence-corrected chi connectivity index (χ3v) is 6.27. The van der Waals surface area contributed by atoms with Gasteiger partial charge in [0.1, 0.15) is 5.70 Å². The minimum atomic E-state index is -1.07. The van der Waals surface area contributed by atoms with Gasteiger partial charge >= 0.3 is 0 Å². The Balaban J connectivity index is 1.48. The topological polar surface area (TPSA) is 105 Å². The van der Waals surface area contributed by atoms with E-state index in [9.17, 15) is 18.4 Å². The number of nitrogens with zero attached hydrogens (tertiary/aromatic N) is 3. The van der Waals surface area contributed by atoms with Gasteiger partial charge in [-0.15, -0.1) is 0 Å². The lowest BCUT2D eigenvalue weighted by atomic mass is 10.0. The number of anilines is 1. The van der Waals surface area contributed by atoms with Gasteiger partial charge in [0.2, 0.25) is 0 Å². The molecule has 4 rings (SSSR count). The zero-order valence-corrected chi connectivity index (χ0v) is 19.4. The molecule has 3 N–H and O–H groups in total. The SMILES string of the molecule is CN(C)C1CCN(C(=O)c2ccc(N/C=C(\N=N)c3cc4cc(F)c(F)cc4[nH]c3=O)cc2)CC1. The summed E-state index contributed by atoms with van der Waals surface area (Å²) in [6, 6.07) is 10.6. The number of pyridine rings is 1. The standard InChI is InChI=1S/C25H26F2N6O2/c1-32(2)18-7-9-33(10-8-18)25(35)15-3-5-17(6-4-15)29-14-23(31-28)19-11-16-12-20(26)21(27)13-22(16)30-24(19)34/h3-6,11-14,18,28-29H,7-10H2,1-2H3,(H,30,34)/b23-14-,31-28?. The monoisotopic (exact) mass is 480 g/mol. The summed E-state index contributed by atoms with van der Waals surface area (Å²) in [6.45, 7) is 1.44. The van der Waals surface area contributed by atoms with E-state index in [4.69, 9.17) is 5.53 Å². The van der Waals surface area contributed by atoms with E-state index in [0.29, 0.717) is 17.3 Å². The number of hydrogen-bond acceptors (Lipinski definition) is 6. The molecule has 182 valence electrons. The van der Waals surface area contributed by atoms with Crippen LogP contribution in [-0.4, -0.2) is 53.9 Å². The Morgan fingerprint density at radius 2 is 1.80 bits per heavy atom. The summed E-state index contributed by atoms with van der Waals surface area (Å²) in [5, 5.41) is 6.63. The van der Waals surface area contributed by atoms with Crippen LogP contribution in [0.5, 0.6) is 0 Å². The number of amides is 1. The number of H-pyrrole nitrogens is 1. The van der Waals surface area contributed by atoms with E-state index >= 15 is 0 Å². The van der Waals surface area contributed by atoms with Crippen LogP contribution in [0.3, 0.4) is 0 Å². The van der Waals surface area contributed by atoms with Crippen molar-refractivity contribution in [1.29, 1.82) is 5.53 Å². The molecule has 1 amide bonds. The number of carbonyl (C=O) groups is 1. The normalized spacial score (nSPS) is 15.0. The second kappa shape index (κ2) is 10.1. The highest BCUT2D eigenvalue weighted by molar-refractivity contribution is 5.94. The summed E-state index contributed by atoms with van der Waals surface area (Å²) in [7, 11) is 4.11. The van der Waals surface area contributed by atoms with E-state index < -0.39 is 17.2 Å². The summed E-state index contributed by atoms with van der Waals surface area (Å²) < 4.78 is 27.1. The molecule has 0 spiro atoms. The van der Waals surface area contributed by atoms with Crippen LogP contribution in [0.4, 0.5) is 14.5 Å². The summed E-state index contributed by atoms with van der Waals surface area (Å²) in [5.74, 6) is -2.13. The Morgan fingerprint density at radius 1 is 1.14 bits per heavy atom. The Kier molecular flexibility index (Phi) is 7.02. The number of hydrogen-bond donors (Lipinski definition) is 3. The predicted octanol–water partition coefficient (Wildman–Crippen LogP) is 4.41.